The molecule has 2 amide bonds. The Morgan fingerprint density at radius 2 is 1.83 bits per heavy atom. The number of primary amides is 1. The lowest BCUT2D eigenvalue weighted by atomic mass is 10.1. The number of anilines is 1. The normalized spacial score (nSPS) is 10.7. The highest BCUT2D eigenvalue weighted by molar-refractivity contribution is 7.13. The summed E-state index contributed by atoms with van der Waals surface area (Å²) in [7, 11) is 0. The van der Waals surface area contributed by atoms with E-state index in [2.05, 4.69) is 10.4 Å². The minimum atomic E-state index is -0.908. The van der Waals surface area contributed by atoms with Crippen molar-refractivity contribution in [1.82, 2.24) is 9.78 Å². The fraction of sp³-hybridized carbons (Fsp3) is 0. The molecule has 0 saturated heterocycles. The van der Waals surface area contributed by atoms with Gasteiger partial charge in [-0.15, -0.1) is 11.3 Å². The summed E-state index contributed by atoms with van der Waals surface area (Å²) >= 11 is 1.46. The third-order valence-corrected chi connectivity index (χ3v) is 5.10. The van der Waals surface area contributed by atoms with E-state index in [-0.39, 0.29) is 11.3 Å². The molecule has 2 aromatic carbocycles. The Bertz CT molecular complexity index is 1190. The third-order valence-electron chi connectivity index (χ3n) is 4.22. The molecule has 0 spiro atoms. The molecule has 0 atom stereocenters. The minimum Gasteiger partial charge on any atom is -0.366 e. The zero-order valence-electron chi connectivity index (χ0n) is 15.0. The third kappa shape index (κ3) is 3.78. The van der Waals surface area contributed by atoms with Crippen LogP contribution in [0.2, 0.25) is 0 Å². The van der Waals surface area contributed by atoms with Crippen molar-refractivity contribution in [3.05, 3.63) is 89.2 Å². The van der Waals surface area contributed by atoms with Crippen molar-refractivity contribution in [3.8, 4) is 16.3 Å². The predicted octanol–water partition coefficient (Wildman–Crippen LogP) is 4.09. The number of thiophene rings is 1. The van der Waals surface area contributed by atoms with Crippen LogP contribution in [0, 0.1) is 5.82 Å². The lowest BCUT2D eigenvalue weighted by molar-refractivity contribution is 0.0992. The van der Waals surface area contributed by atoms with Crippen LogP contribution in [0.4, 0.5) is 10.1 Å². The Morgan fingerprint density at radius 1 is 1.03 bits per heavy atom. The van der Waals surface area contributed by atoms with Gasteiger partial charge in [-0.3, -0.25) is 9.59 Å². The summed E-state index contributed by atoms with van der Waals surface area (Å²) in [6.45, 7) is 0. The maximum Gasteiger partial charge on any atom is 0.259 e. The van der Waals surface area contributed by atoms with Gasteiger partial charge in [-0.25, -0.2) is 9.07 Å². The van der Waals surface area contributed by atoms with Crippen LogP contribution in [-0.2, 0) is 0 Å². The van der Waals surface area contributed by atoms with E-state index in [0.29, 0.717) is 11.3 Å². The summed E-state index contributed by atoms with van der Waals surface area (Å²) in [4.78, 5) is 25.2. The first-order valence-corrected chi connectivity index (χ1v) is 9.50. The molecule has 0 saturated carbocycles. The van der Waals surface area contributed by atoms with Crippen molar-refractivity contribution in [2.45, 2.75) is 0 Å². The second kappa shape index (κ2) is 7.69. The molecule has 0 bridgehead atoms. The Morgan fingerprint density at radius 3 is 2.52 bits per heavy atom. The molecule has 2 aromatic heterocycles. The number of hydrogen-bond donors (Lipinski definition) is 2. The molecular formula is C21H15FN4O2S. The minimum absolute atomic E-state index is 0.259. The van der Waals surface area contributed by atoms with Crippen LogP contribution in [0.15, 0.2) is 72.2 Å². The quantitative estimate of drug-likeness (QED) is 0.523. The fourth-order valence-corrected chi connectivity index (χ4v) is 3.56. The number of carbonyl (C=O) groups excluding carboxylic acids is 2. The summed E-state index contributed by atoms with van der Waals surface area (Å²) in [5.41, 5.74) is 6.83. The van der Waals surface area contributed by atoms with Crippen LogP contribution in [-0.4, -0.2) is 21.6 Å². The number of para-hydroxylation sites is 1. The molecule has 4 rings (SSSR count). The molecule has 144 valence electrons. The van der Waals surface area contributed by atoms with Gasteiger partial charge in [-0.05, 0) is 41.8 Å². The first kappa shape index (κ1) is 18.6. The monoisotopic (exact) mass is 406 g/mol. The second-order valence-corrected chi connectivity index (χ2v) is 7.11. The van der Waals surface area contributed by atoms with Crippen molar-refractivity contribution in [1.29, 1.82) is 0 Å². The largest absolute Gasteiger partial charge is 0.366 e. The van der Waals surface area contributed by atoms with Gasteiger partial charge in [0.25, 0.3) is 11.8 Å². The van der Waals surface area contributed by atoms with Gasteiger partial charge in [-0.1, -0.05) is 24.3 Å². The van der Waals surface area contributed by atoms with E-state index in [1.807, 2.05) is 47.8 Å². The smallest absolute Gasteiger partial charge is 0.259 e. The first-order valence-electron chi connectivity index (χ1n) is 8.62. The Kier molecular flexibility index (Phi) is 4.92. The summed E-state index contributed by atoms with van der Waals surface area (Å²) in [6, 6.07) is 16.8. The van der Waals surface area contributed by atoms with E-state index in [1.165, 1.54) is 23.5 Å². The highest BCUT2D eigenvalue weighted by atomic mass is 32.1. The van der Waals surface area contributed by atoms with Crippen molar-refractivity contribution in [2.75, 3.05) is 5.32 Å². The van der Waals surface area contributed by atoms with Crippen molar-refractivity contribution >= 4 is 28.8 Å². The van der Waals surface area contributed by atoms with Gasteiger partial charge < -0.3 is 11.1 Å². The maximum atomic E-state index is 13.7. The van der Waals surface area contributed by atoms with E-state index < -0.39 is 17.6 Å². The van der Waals surface area contributed by atoms with Gasteiger partial charge in [-0.2, -0.15) is 5.10 Å². The summed E-state index contributed by atoms with van der Waals surface area (Å²) in [5.74, 6) is -2.08. The van der Waals surface area contributed by atoms with E-state index in [1.54, 1.807) is 10.9 Å². The average Bonchev–Trinajstić information content (AvgIpc) is 3.39. The molecule has 0 fully saturated rings. The van der Waals surface area contributed by atoms with Crippen LogP contribution in [0.25, 0.3) is 16.3 Å². The lowest BCUT2D eigenvalue weighted by Crippen LogP contribution is -2.16. The van der Waals surface area contributed by atoms with E-state index >= 15 is 0 Å². The number of hydrogen-bond acceptors (Lipinski definition) is 4. The van der Waals surface area contributed by atoms with Crippen LogP contribution in [0.3, 0.4) is 0 Å². The number of nitrogens with two attached hydrogens (primary N) is 1. The number of carbonyl (C=O) groups is 2. The van der Waals surface area contributed by atoms with Crippen LogP contribution >= 0.6 is 11.3 Å². The van der Waals surface area contributed by atoms with Gasteiger partial charge >= 0.3 is 0 Å². The van der Waals surface area contributed by atoms with Crippen LogP contribution in [0.5, 0.6) is 0 Å². The second-order valence-electron chi connectivity index (χ2n) is 6.16. The van der Waals surface area contributed by atoms with E-state index in [4.69, 9.17) is 5.73 Å². The summed E-state index contributed by atoms with van der Waals surface area (Å²) < 4.78 is 15.3. The molecule has 29 heavy (non-hydrogen) atoms. The van der Waals surface area contributed by atoms with Gasteiger partial charge in [0, 0.05) is 11.9 Å². The van der Waals surface area contributed by atoms with Gasteiger partial charge in [0.05, 0.1) is 21.7 Å². The van der Waals surface area contributed by atoms with Gasteiger partial charge in [0.15, 0.2) is 0 Å². The fourth-order valence-electron chi connectivity index (χ4n) is 2.84. The zero-order chi connectivity index (χ0) is 20.4. The Hall–Kier alpha value is -3.78. The molecule has 2 heterocycles. The summed E-state index contributed by atoms with van der Waals surface area (Å²) in [6.07, 6.45) is 1.64. The molecular weight excluding hydrogens is 391 g/mol. The number of nitrogens with one attached hydrogen (secondary N) is 1. The van der Waals surface area contributed by atoms with Gasteiger partial charge in [0.1, 0.15) is 11.5 Å². The maximum absolute atomic E-state index is 13.7. The average molecular weight is 406 g/mol. The van der Waals surface area contributed by atoms with Crippen LogP contribution in [0.1, 0.15) is 20.7 Å². The van der Waals surface area contributed by atoms with E-state index in [0.717, 1.165) is 16.6 Å². The number of rotatable bonds is 5. The van der Waals surface area contributed by atoms with Crippen molar-refractivity contribution in [3.63, 3.8) is 0 Å². The topological polar surface area (TPSA) is 90.0 Å². The Labute approximate surface area is 169 Å². The van der Waals surface area contributed by atoms with Crippen LogP contribution < -0.4 is 11.1 Å². The standard InChI is InChI=1S/C21H15FN4O2S/c22-17-9-8-13(11-15(17)20(23)27)24-21(28)16-12-26(14-5-2-1-3-6-14)25-19(16)18-7-4-10-29-18/h1-12H,(H2,23,27)(H,24,28). The highest BCUT2D eigenvalue weighted by Gasteiger charge is 2.20. The number of amides is 2. The molecule has 6 nitrogen and oxygen atoms in total. The van der Waals surface area contributed by atoms with Crippen molar-refractivity contribution in [2.24, 2.45) is 5.73 Å². The molecule has 0 aliphatic carbocycles. The molecule has 0 unspecified atom stereocenters. The predicted molar refractivity (Wildman–Crippen MR) is 110 cm³/mol. The molecule has 0 aliphatic rings. The first-order chi connectivity index (χ1) is 14.0. The molecule has 0 aliphatic heterocycles. The van der Waals surface area contributed by atoms with Gasteiger partial charge in [0.2, 0.25) is 0 Å². The summed E-state index contributed by atoms with van der Waals surface area (Å²) in [5, 5.41) is 9.16. The molecule has 0 radical (unpaired) electrons. The Balaban J connectivity index is 1.72. The lowest BCUT2D eigenvalue weighted by Gasteiger charge is -2.07. The molecule has 8 heteroatoms. The molecule has 3 N–H and O–H groups in total. The number of halogens is 1. The van der Waals surface area contributed by atoms with Crippen molar-refractivity contribution < 1.29 is 14.0 Å². The molecule has 4 aromatic rings. The SMILES string of the molecule is NC(=O)c1cc(NC(=O)c2cn(-c3ccccc3)nc2-c2cccs2)ccc1F. The number of aromatic nitrogens is 2. The highest BCUT2D eigenvalue weighted by Crippen LogP contribution is 2.28. The number of benzene rings is 2. The van der Waals surface area contributed by atoms with E-state index in [9.17, 15) is 14.0 Å². The zero-order valence-corrected chi connectivity index (χ0v) is 15.8. The number of nitrogens with zero attached hydrogens (tertiary/aromatic N) is 2.